The van der Waals surface area contributed by atoms with E-state index in [4.69, 9.17) is 0 Å². The van der Waals surface area contributed by atoms with Gasteiger partial charge in [-0.2, -0.15) is 0 Å². The van der Waals surface area contributed by atoms with Gasteiger partial charge in [0, 0.05) is 19.1 Å². The number of nitrogens with zero attached hydrogens (tertiary/aromatic N) is 3. The first-order valence-corrected chi connectivity index (χ1v) is 7.35. The second-order valence-corrected chi connectivity index (χ2v) is 5.62. The third-order valence-electron chi connectivity index (χ3n) is 3.35. The third-order valence-corrected chi connectivity index (χ3v) is 3.83. The van der Waals surface area contributed by atoms with Crippen molar-refractivity contribution in [2.75, 3.05) is 52.7 Å². The standard InChI is InChI=1S/C12H24BrN3O/c1-14(2)8-9-16(12(17)10-13)11-4-6-15(3)7-5-11/h11H,4-10H2,1-3H3. The maximum absolute atomic E-state index is 12.0. The van der Waals surface area contributed by atoms with Gasteiger partial charge in [-0.05, 0) is 47.1 Å². The van der Waals surface area contributed by atoms with Crippen LogP contribution in [0, 0.1) is 0 Å². The van der Waals surface area contributed by atoms with Crippen molar-refractivity contribution in [1.82, 2.24) is 14.7 Å². The topological polar surface area (TPSA) is 26.8 Å². The van der Waals surface area contributed by atoms with Gasteiger partial charge in [-0.1, -0.05) is 15.9 Å². The van der Waals surface area contributed by atoms with Crippen LogP contribution in [0.2, 0.25) is 0 Å². The van der Waals surface area contributed by atoms with Gasteiger partial charge in [0.05, 0.1) is 5.33 Å². The quantitative estimate of drug-likeness (QED) is 0.705. The number of likely N-dealkylation sites (N-methyl/N-ethyl adjacent to an activating group) is 1. The van der Waals surface area contributed by atoms with Crippen molar-refractivity contribution in [3.8, 4) is 0 Å². The molecule has 0 aromatic rings. The van der Waals surface area contributed by atoms with Gasteiger partial charge in [0.2, 0.25) is 5.91 Å². The van der Waals surface area contributed by atoms with Gasteiger partial charge in [-0.3, -0.25) is 4.79 Å². The van der Waals surface area contributed by atoms with Crippen LogP contribution in [0.3, 0.4) is 0 Å². The zero-order valence-electron chi connectivity index (χ0n) is 11.2. The number of hydrogen-bond donors (Lipinski definition) is 0. The first-order valence-electron chi connectivity index (χ1n) is 6.23. The molecule has 0 unspecified atom stereocenters. The molecule has 4 nitrogen and oxygen atoms in total. The monoisotopic (exact) mass is 305 g/mol. The van der Waals surface area contributed by atoms with Crippen LogP contribution in [0.4, 0.5) is 0 Å². The summed E-state index contributed by atoms with van der Waals surface area (Å²) >= 11 is 3.29. The highest BCUT2D eigenvalue weighted by Crippen LogP contribution is 2.16. The van der Waals surface area contributed by atoms with Gasteiger partial charge in [0.15, 0.2) is 0 Å². The highest BCUT2D eigenvalue weighted by atomic mass is 79.9. The molecular formula is C12H24BrN3O. The molecule has 5 heteroatoms. The number of rotatable bonds is 5. The molecule has 1 rings (SSSR count). The van der Waals surface area contributed by atoms with E-state index in [1.165, 1.54) is 0 Å². The largest absolute Gasteiger partial charge is 0.338 e. The smallest absolute Gasteiger partial charge is 0.233 e. The van der Waals surface area contributed by atoms with Crippen molar-refractivity contribution in [3.05, 3.63) is 0 Å². The SMILES string of the molecule is CN(C)CCN(C(=O)CBr)C1CCN(C)CC1. The molecule has 1 fully saturated rings. The van der Waals surface area contributed by atoms with E-state index < -0.39 is 0 Å². The molecule has 0 aliphatic carbocycles. The molecule has 1 heterocycles. The van der Waals surface area contributed by atoms with E-state index in [0.29, 0.717) is 11.4 Å². The lowest BCUT2D eigenvalue weighted by Crippen LogP contribution is -2.49. The Balaban J connectivity index is 2.53. The number of carbonyl (C=O) groups is 1. The molecule has 0 aromatic heterocycles. The molecular weight excluding hydrogens is 282 g/mol. The zero-order chi connectivity index (χ0) is 12.8. The number of carbonyl (C=O) groups excluding carboxylic acids is 1. The number of likely N-dealkylation sites (tertiary alicyclic amines) is 1. The maximum atomic E-state index is 12.0. The Bertz CT molecular complexity index is 240. The van der Waals surface area contributed by atoms with E-state index in [9.17, 15) is 4.79 Å². The summed E-state index contributed by atoms with van der Waals surface area (Å²) in [5.74, 6) is 0.224. The molecule has 0 N–H and O–H groups in total. The fraction of sp³-hybridized carbons (Fsp3) is 0.917. The molecule has 1 aliphatic rings. The Morgan fingerprint density at radius 3 is 2.35 bits per heavy atom. The predicted molar refractivity (Wildman–Crippen MR) is 74.6 cm³/mol. The minimum atomic E-state index is 0.224. The lowest BCUT2D eigenvalue weighted by Gasteiger charge is -2.37. The molecule has 0 atom stereocenters. The first kappa shape index (κ1) is 14.9. The highest BCUT2D eigenvalue weighted by Gasteiger charge is 2.25. The van der Waals surface area contributed by atoms with E-state index >= 15 is 0 Å². The van der Waals surface area contributed by atoms with Crippen LogP contribution in [0.15, 0.2) is 0 Å². The first-order chi connectivity index (χ1) is 8.04. The van der Waals surface area contributed by atoms with Crippen LogP contribution in [0.5, 0.6) is 0 Å². The van der Waals surface area contributed by atoms with Crippen molar-refractivity contribution in [2.24, 2.45) is 0 Å². The fourth-order valence-electron chi connectivity index (χ4n) is 2.20. The van der Waals surface area contributed by atoms with Crippen molar-refractivity contribution in [2.45, 2.75) is 18.9 Å². The molecule has 1 amide bonds. The normalized spacial score (nSPS) is 18.6. The summed E-state index contributed by atoms with van der Waals surface area (Å²) in [6.45, 7) is 3.97. The summed E-state index contributed by atoms with van der Waals surface area (Å²) in [6, 6.07) is 0.427. The predicted octanol–water partition coefficient (Wildman–Crippen LogP) is 0.866. The summed E-state index contributed by atoms with van der Waals surface area (Å²) in [7, 11) is 6.24. The van der Waals surface area contributed by atoms with Crippen LogP contribution < -0.4 is 0 Å². The van der Waals surface area contributed by atoms with Crippen molar-refractivity contribution < 1.29 is 4.79 Å². The van der Waals surface area contributed by atoms with E-state index in [0.717, 1.165) is 39.0 Å². The van der Waals surface area contributed by atoms with Crippen LogP contribution in [-0.2, 0) is 4.79 Å². The third kappa shape index (κ3) is 4.94. The molecule has 1 saturated heterocycles. The van der Waals surface area contributed by atoms with E-state index in [-0.39, 0.29) is 5.91 Å². The van der Waals surface area contributed by atoms with E-state index in [2.05, 4.69) is 37.7 Å². The lowest BCUT2D eigenvalue weighted by atomic mass is 10.0. The number of piperidine rings is 1. The number of halogens is 1. The Morgan fingerprint density at radius 2 is 1.88 bits per heavy atom. The van der Waals surface area contributed by atoms with Gasteiger partial charge in [-0.25, -0.2) is 0 Å². The summed E-state index contributed by atoms with van der Waals surface area (Å²) in [4.78, 5) is 18.5. The minimum Gasteiger partial charge on any atom is -0.338 e. The van der Waals surface area contributed by atoms with Crippen molar-refractivity contribution >= 4 is 21.8 Å². The van der Waals surface area contributed by atoms with Gasteiger partial charge in [0.1, 0.15) is 0 Å². The molecule has 100 valence electrons. The number of amides is 1. The van der Waals surface area contributed by atoms with Gasteiger partial charge >= 0.3 is 0 Å². The Morgan fingerprint density at radius 1 is 1.29 bits per heavy atom. The van der Waals surface area contributed by atoms with Crippen LogP contribution in [0.1, 0.15) is 12.8 Å². The van der Waals surface area contributed by atoms with Crippen LogP contribution in [0.25, 0.3) is 0 Å². The summed E-state index contributed by atoms with van der Waals surface area (Å²) in [6.07, 6.45) is 2.20. The number of hydrogen-bond acceptors (Lipinski definition) is 3. The second kappa shape index (κ2) is 7.34. The van der Waals surface area contributed by atoms with Crippen molar-refractivity contribution in [1.29, 1.82) is 0 Å². The van der Waals surface area contributed by atoms with E-state index in [1.54, 1.807) is 0 Å². The summed E-state index contributed by atoms with van der Waals surface area (Å²) in [5.41, 5.74) is 0. The van der Waals surface area contributed by atoms with Crippen molar-refractivity contribution in [3.63, 3.8) is 0 Å². The summed E-state index contributed by atoms with van der Waals surface area (Å²) in [5, 5.41) is 0.437. The molecule has 1 aliphatic heterocycles. The molecule has 0 saturated carbocycles. The summed E-state index contributed by atoms with van der Waals surface area (Å²) < 4.78 is 0. The zero-order valence-corrected chi connectivity index (χ0v) is 12.7. The fourth-order valence-corrected chi connectivity index (χ4v) is 2.52. The van der Waals surface area contributed by atoms with Gasteiger partial charge in [0.25, 0.3) is 0 Å². The second-order valence-electron chi connectivity index (χ2n) is 5.06. The molecule has 0 bridgehead atoms. The molecule has 0 radical (unpaired) electrons. The molecule has 0 spiro atoms. The average Bonchev–Trinajstić information content (AvgIpc) is 2.30. The van der Waals surface area contributed by atoms with E-state index in [1.807, 2.05) is 14.1 Å². The number of alkyl halides is 1. The lowest BCUT2D eigenvalue weighted by molar-refractivity contribution is -0.131. The average molecular weight is 306 g/mol. The van der Waals surface area contributed by atoms with Crippen LogP contribution in [-0.4, -0.2) is 79.3 Å². The van der Waals surface area contributed by atoms with Gasteiger partial charge in [-0.15, -0.1) is 0 Å². The molecule has 0 aromatic carbocycles. The molecule has 17 heavy (non-hydrogen) atoms. The maximum Gasteiger partial charge on any atom is 0.233 e. The minimum absolute atomic E-state index is 0.224. The Labute approximate surface area is 113 Å². The Hall–Kier alpha value is -0.130. The highest BCUT2D eigenvalue weighted by molar-refractivity contribution is 9.09. The van der Waals surface area contributed by atoms with Gasteiger partial charge < -0.3 is 14.7 Å². The Kier molecular flexibility index (Phi) is 6.44. The van der Waals surface area contributed by atoms with Crippen LogP contribution >= 0.6 is 15.9 Å².